The van der Waals surface area contributed by atoms with Crippen molar-refractivity contribution in [2.24, 2.45) is 0 Å². The third-order valence-electron chi connectivity index (χ3n) is 2.90. The van der Waals surface area contributed by atoms with Gasteiger partial charge in [0.15, 0.2) is 0 Å². The van der Waals surface area contributed by atoms with Crippen LogP contribution in [0.1, 0.15) is 5.56 Å². The molecule has 0 spiro atoms. The van der Waals surface area contributed by atoms with Crippen molar-refractivity contribution < 1.29 is 4.74 Å². The fourth-order valence-electron chi connectivity index (χ4n) is 1.96. The maximum absolute atomic E-state index is 5.26. The van der Waals surface area contributed by atoms with Gasteiger partial charge in [0, 0.05) is 6.42 Å². The minimum absolute atomic E-state index is 0.464. The first-order valence-corrected chi connectivity index (χ1v) is 5.68. The van der Waals surface area contributed by atoms with Crippen LogP contribution in [-0.2, 0) is 11.2 Å². The van der Waals surface area contributed by atoms with Gasteiger partial charge in [-0.3, -0.25) is 0 Å². The van der Waals surface area contributed by atoms with Crippen LogP contribution in [0.3, 0.4) is 0 Å². The van der Waals surface area contributed by atoms with Crippen LogP contribution < -0.4 is 0 Å². The molecule has 0 radical (unpaired) electrons. The summed E-state index contributed by atoms with van der Waals surface area (Å²) in [5.74, 6) is 0. The molecule has 1 saturated heterocycles. The average molecular weight is 210 g/mol. The number of ether oxygens (including phenoxy) is 1. The maximum Gasteiger partial charge on any atom is 0.0850 e. The van der Waals surface area contributed by atoms with Gasteiger partial charge in [-0.2, -0.15) is 0 Å². The van der Waals surface area contributed by atoms with Gasteiger partial charge in [0.1, 0.15) is 0 Å². The van der Waals surface area contributed by atoms with Gasteiger partial charge in [0.25, 0.3) is 0 Å². The molecule has 1 fully saturated rings. The Hall–Kier alpha value is -1.60. The van der Waals surface area contributed by atoms with Crippen molar-refractivity contribution >= 4 is 0 Å². The maximum atomic E-state index is 5.26. The smallest absolute Gasteiger partial charge is 0.0850 e. The van der Waals surface area contributed by atoms with Crippen molar-refractivity contribution in [3.63, 3.8) is 0 Å². The Morgan fingerprint density at radius 2 is 1.69 bits per heavy atom. The average Bonchev–Trinajstić information content (AvgIpc) is 3.15. The second-order valence-electron chi connectivity index (χ2n) is 4.23. The lowest BCUT2D eigenvalue weighted by atomic mass is 10.0. The Bertz CT molecular complexity index is 472. The van der Waals surface area contributed by atoms with Crippen molar-refractivity contribution in [2.75, 3.05) is 6.61 Å². The molecule has 0 aromatic heterocycles. The van der Waals surface area contributed by atoms with E-state index in [2.05, 4.69) is 48.5 Å². The highest BCUT2D eigenvalue weighted by Gasteiger charge is 2.22. The van der Waals surface area contributed by atoms with Crippen LogP contribution in [0.5, 0.6) is 0 Å². The summed E-state index contributed by atoms with van der Waals surface area (Å²) in [6.45, 7) is 0.926. The molecule has 1 heterocycles. The van der Waals surface area contributed by atoms with E-state index in [9.17, 15) is 0 Å². The van der Waals surface area contributed by atoms with Gasteiger partial charge in [-0.25, -0.2) is 0 Å². The molecule has 2 aromatic carbocycles. The third-order valence-corrected chi connectivity index (χ3v) is 2.90. The summed E-state index contributed by atoms with van der Waals surface area (Å²) >= 11 is 0. The summed E-state index contributed by atoms with van der Waals surface area (Å²) in [7, 11) is 0. The third kappa shape index (κ3) is 2.15. The molecule has 80 valence electrons. The molecule has 0 saturated carbocycles. The molecule has 0 bridgehead atoms. The van der Waals surface area contributed by atoms with Gasteiger partial charge in [-0.05, 0) is 16.7 Å². The molecule has 1 atom stereocenters. The Kier molecular flexibility index (Phi) is 2.47. The Morgan fingerprint density at radius 1 is 0.938 bits per heavy atom. The fraction of sp³-hybridized carbons (Fsp3) is 0.200. The minimum atomic E-state index is 0.464. The lowest BCUT2D eigenvalue weighted by molar-refractivity contribution is 0.407. The quantitative estimate of drug-likeness (QED) is 0.708. The lowest BCUT2D eigenvalue weighted by Crippen LogP contribution is -1.92. The summed E-state index contributed by atoms with van der Waals surface area (Å²) < 4.78 is 5.26. The lowest BCUT2D eigenvalue weighted by Gasteiger charge is -2.04. The van der Waals surface area contributed by atoms with Gasteiger partial charge >= 0.3 is 0 Å². The Balaban J connectivity index is 1.89. The fourth-order valence-corrected chi connectivity index (χ4v) is 1.96. The molecule has 1 heteroatoms. The molecule has 0 N–H and O–H groups in total. The number of hydrogen-bond donors (Lipinski definition) is 0. The zero-order valence-corrected chi connectivity index (χ0v) is 9.10. The monoisotopic (exact) mass is 210 g/mol. The van der Waals surface area contributed by atoms with Crippen molar-refractivity contribution in [3.8, 4) is 11.1 Å². The zero-order valence-electron chi connectivity index (χ0n) is 9.10. The van der Waals surface area contributed by atoms with E-state index in [4.69, 9.17) is 4.74 Å². The molecular formula is C15H14O. The van der Waals surface area contributed by atoms with Gasteiger partial charge in [0.05, 0.1) is 12.7 Å². The number of hydrogen-bond acceptors (Lipinski definition) is 1. The van der Waals surface area contributed by atoms with E-state index >= 15 is 0 Å². The van der Waals surface area contributed by atoms with E-state index in [1.807, 2.05) is 6.07 Å². The predicted molar refractivity (Wildman–Crippen MR) is 65.3 cm³/mol. The predicted octanol–water partition coefficient (Wildman–Crippen LogP) is 3.29. The molecule has 1 aliphatic rings. The van der Waals surface area contributed by atoms with Crippen molar-refractivity contribution in [1.29, 1.82) is 0 Å². The molecule has 2 aromatic rings. The van der Waals surface area contributed by atoms with Crippen LogP contribution in [0.4, 0.5) is 0 Å². The number of rotatable bonds is 3. The second-order valence-corrected chi connectivity index (χ2v) is 4.23. The van der Waals surface area contributed by atoms with E-state index in [-0.39, 0.29) is 0 Å². The molecule has 3 rings (SSSR count). The highest BCUT2D eigenvalue weighted by molar-refractivity contribution is 5.63. The summed E-state index contributed by atoms with van der Waals surface area (Å²) in [6, 6.07) is 19.2. The molecule has 0 aliphatic carbocycles. The zero-order chi connectivity index (χ0) is 10.8. The molecule has 0 amide bonds. The highest BCUT2D eigenvalue weighted by Crippen LogP contribution is 2.22. The van der Waals surface area contributed by atoms with Gasteiger partial charge in [-0.1, -0.05) is 54.6 Å². The van der Waals surface area contributed by atoms with Crippen LogP contribution in [0.15, 0.2) is 54.6 Å². The summed E-state index contributed by atoms with van der Waals surface area (Å²) in [5, 5.41) is 0. The molecule has 1 unspecified atom stereocenters. The Labute approximate surface area is 95.7 Å². The molecule has 16 heavy (non-hydrogen) atoms. The highest BCUT2D eigenvalue weighted by atomic mass is 16.6. The minimum Gasteiger partial charge on any atom is -0.373 e. The van der Waals surface area contributed by atoms with Crippen LogP contribution in [-0.4, -0.2) is 12.7 Å². The molecule has 1 nitrogen and oxygen atoms in total. The normalized spacial score (nSPS) is 18.4. The SMILES string of the molecule is c1ccc(-c2cccc(CC3CO3)c2)cc1. The largest absolute Gasteiger partial charge is 0.373 e. The van der Waals surface area contributed by atoms with Crippen LogP contribution >= 0.6 is 0 Å². The van der Waals surface area contributed by atoms with E-state index in [1.165, 1.54) is 16.7 Å². The van der Waals surface area contributed by atoms with Crippen LogP contribution in [0, 0.1) is 0 Å². The first kappa shape index (κ1) is 9.61. The number of epoxide rings is 1. The molecular weight excluding hydrogens is 196 g/mol. The first-order valence-electron chi connectivity index (χ1n) is 5.68. The van der Waals surface area contributed by atoms with Crippen molar-refractivity contribution in [2.45, 2.75) is 12.5 Å². The van der Waals surface area contributed by atoms with Crippen LogP contribution in [0.25, 0.3) is 11.1 Å². The summed E-state index contributed by atoms with van der Waals surface area (Å²) in [6.07, 6.45) is 1.51. The van der Waals surface area contributed by atoms with E-state index in [0.29, 0.717) is 6.10 Å². The molecule has 1 aliphatic heterocycles. The summed E-state index contributed by atoms with van der Waals surface area (Å²) in [4.78, 5) is 0. The van der Waals surface area contributed by atoms with E-state index in [0.717, 1.165) is 13.0 Å². The second kappa shape index (κ2) is 4.11. The van der Waals surface area contributed by atoms with Gasteiger partial charge in [0.2, 0.25) is 0 Å². The van der Waals surface area contributed by atoms with E-state index in [1.54, 1.807) is 0 Å². The summed E-state index contributed by atoms with van der Waals surface area (Å²) in [5.41, 5.74) is 3.93. The van der Waals surface area contributed by atoms with Gasteiger partial charge < -0.3 is 4.74 Å². The van der Waals surface area contributed by atoms with Crippen molar-refractivity contribution in [3.05, 3.63) is 60.2 Å². The van der Waals surface area contributed by atoms with Crippen LogP contribution in [0.2, 0.25) is 0 Å². The Morgan fingerprint density at radius 3 is 2.44 bits per heavy atom. The number of benzene rings is 2. The first-order chi connectivity index (χ1) is 7.92. The van der Waals surface area contributed by atoms with Crippen molar-refractivity contribution in [1.82, 2.24) is 0 Å². The van der Waals surface area contributed by atoms with Gasteiger partial charge in [-0.15, -0.1) is 0 Å². The topological polar surface area (TPSA) is 12.5 Å². The standard InChI is InChI=1S/C15H14O/c1-2-6-13(7-3-1)14-8-4-5-12(9-14)10-15-11-16-15/h1-9,15H,10-11H2. The van der Waals surface area contributed by atoms with E-state index < -0.39 is 0 Å².